The highest BCUT2D eigenvalue weighted by molar-refractivity contribution is 6.21. The molecule has 4 nitrogen and oxygen atoms in total. The Kier molecular flexibility index (Phi) is 9.32. The lowest BCUT2D eigenvalue weighted by atomic mass is 10.0. The molecule has 150 valence electrons. The lowest BCUT2D eigenvalue weighted by Gasteiger charge is -2.26. The number of carboxylic acids is 1. The van der Waals surface area contributed by atoms with Crippen LogP contribution in [0.2, 0.25) is 0 Å². The van der Waals surface area contributed by atoms with Gasteiger partial charge in [0.25, 0.3) is 0 Å². The van der Waals surface area contributed by atoms with Gasteiger partial charge in [0, 0.05) is 19.0 Å². The van der Waals surface area contributed by atoms with Gasteiger partial charge in [0.05, 0.1) is 11.5 Å². The molecule has 0 radical (unpaired) electrons. The molecule has 3 atom stereocenters. The van der Waals surface area contributed by atoms with E-state index in [-0.39, 0.29) is 17.9 Å². The quantitative estimate of drug-likeness (QED) is 0.336. The fraction of sp³-hybridized carbons (Fsp3) is 0.591. The minimum absolute atomic E-state index is 0.141. The Bertz CT molecular complexity index is 619. The number of hydrogen-bond donors (Lipinski definition) is 2. The van der Waals surface area contributed by atoms with E-state index < -0.39 is 5.97 Å². The van der Waals surface area contributed by atoms with Crippen molar-refractivity contribution in [1.29, 1.82) is 0 Å². The van der Waals surface area contributed by atoms with Gasteiger partial charge in [-0.1, -0.05) is 42.0 Å². The number of carboxylic acid groups (broad SMARTS) is 1. The number of nitrogens with zero attached hydrogens (tertiary/aromatic N) is 1. The lowest BCUT2D eigenvalue weighted by molar-refractivity contribution is -0.137. The summed E-state index contributed by atoms with van der Waals surface area (Å²) in [7, 11) is 0. The third-order valence-corrected chi connectivity index (χ3v) is 5.70. The monoisotopic (exact) mass is 393 g/mol. The molecule has 1 aliphatic heterocycles. The fourth-order valence-electron chi connectivity index (χ4n) is 3.70. The SMILES string of the molecule is Cc1cccc(CC(O)CCN2CCC(Cl)C2CC=CCCCC(=O)O)c1. The van der Waals surface area contributed by atoms with Gasteiger partial charge in [-0.05, 0) is 57.6 Å². The minimum Gasteiger partial charge on any atom is -0.481 e. The zero-order chi connectivity index (χ0) is 19.6. The summed E-state index contributed by atoms with van der Waals surface area (Å²) in [6, 6.07) is 8.61. The molecule has 0 saturated carbocycles. The van der Waals surface area contributed by atoms with Gasteiger partial charge in [0.1, 0.15) is 0 Å². The van der Waals surface area contributed by atoms with Crippen LogP contribution < -0.4 is 0 Å². The molecule has 3 unspecified atom stereocenters. The molecule has 1 saturated heterocycles. The topological polar surface area (TPSA) is 60.8 Å². The number of aliphatic hydroxyl groups excluding tert-OH is 1. The summed E-state index contributed by atoms with van der Waals surface area (Å²) in [4.78, 5) is 12.9. The Morgan fingerprint density at radius 2 is 2.22 bits per heavy atom. The maximum atomic E-state index is 10.5. The maximum absolute atomic E-state index is 10.5. The minimum atomic E-state index is -0.740. The Balaban J connectivity index is 1.73. The normalized spacial score (nSPS) is 21.7. The predicted octanol–water partition coefficient (Wildman–Crippen LogP) is 4.17. The first-order valence-electron chi connectivity index (χ1n) is 9.94. The second-order valence-electron chi connectivity index (χ2n) is 7.54. The molecule has 0 aromatic heterocycles. The number of aliphatic carboxylic acids is 1. The van der Waals surface area contributed by atoms with Crippen LogP contribution in [0.25, 0.3) is 0 Å². The fourth-order valence-corrected chi connectivity index (χ4v) is 4.06. The Hall–Kier alpha value is -1.36. The van der Waals surface area contributed by atoms with Gasteiger partial charge in [-0.2, -0.15) is 0 Å². The molecule has 2 N–H and O–H groups in total. The van der Waals surface area contributed by atoms with Crippen molar-refractivity contribution < 1.29 is 15.0 Å². The molecule has 0 spiro atoms. The van der Waals surface area contributed by atoms with Gasteiger partial charge in [0.15, 0.2) is 0 Å². The van der Waals surface area contributed by atoms with E-state index in [0.29, 0.717) is 18.9 Å². The number of aliphatic hydroxyl groups is 1. The highest BCUT2D eigenvalue weighted by atomic mass is 35.5. The molecular weight excluding hydrogens is 362 g/mol. The summed E-state index contributed by atoms with van der Waals surface area (Å²) in [5, 5.41) is 19.2. The Morgan fingerprint density at radius 3 is 2.96 bits per heavy atom. The number of halogens is 1. The highest BCUT2D eigenvalue weighted by Crippen LogP contribution is 2.26. The zero-order valence-electron chi connectivity index (χ0n) is 16.2. The zero-order valence-corrected chi connectivity index (χ0v) is 16.9. The lowest BCUT2D eigenvalue weighted by Crippen LogP contribution is -2.35. The van der Waals surface area contributed by atoms with E-state index in [1.165, 1.54) is 11.1 Å². The Labute approximate surface area is 167 Å². The van der Waals surface area contributed by atoms with E-state index in [9.17, 15) is 9.90 Å². The third-order valence-electron chi connectivity index (χ3n) is 5.19. The van der Waals surface area contributed by atoms with Crippen LogP contribution in [0.1, 0.15) is 49.7 Å². The van der Waals surface area contributed by atoms with Crippen LogP contribution in [0, 0.1) is 6.92 Å². The van der Waals surface area contributed by atoms with E-state index in [2.05, 4.69) is 42.2 Å². The van der Waals surface area contributed by atoms with Crippen LogP contribution >= 0.6 is 11.6 Å². The van der Waals surface area contributed by atoms with Gasteiger partial charge in [-0.25, -0.2) is 0 Å². The average molecular weight is 394 g/mol. The predicted molar refractivity (Wildman–Crippen MR) is 110 cm³/mol. The third kappa shape index (κ3) is 8.04. The van der Waals surface area contributed by atoms with E-state index in [0.717, 1.165) is 38.8 Å². The number of likely N-dealkylation sites (tertiary alicyclic amines) is 1. The number of hydrogen-bond acceptors (Lipinski definition) is 3. The smallest absolute Gasteiger partial charge is 0.303 e. The van der Waals surface area contributed by atoms with Crippen molar-refractivity contribution >= 4 is 17.6 Å². The first-order chi connectivity index (χ1) is 13.0. The molecule has 0 bridgehead atoms. The standard InChI is InChI=1S/C22H32ClNO3/c1-17-7-6-8-18(15-17)16-19(25)11-13-24-14-12-20(23)21(24)9-4-2-3-5-10-22(26)27/h2,4,6-8,15,19-21,25H,3,5,9-14,16H2,1H3,(H,26,27). The molecule has 1 aromatic rings. The molecule has 0 aliphatic carbocycles. The van der Waals surface area contributed by atoms with Crippen molar-refractivity contribution in [2.75, 3.05) is 13.1 Å². The van der Waals surface area contributed by atoms with Crippen molar-refractivity contribution in [2.45, 2.75) is 69.4 Å². The molecule has 1 aliphatic rings. The van der Waals surface area contributed by atoms with Gasteiger partial charge >= 0.3 is 5.97 Å². The molecule has 1 aromatic carbocycles. The summed E-state index contributed by atoms with van der Waals surface area (Å²) in [6.45, 7) is 3.90. The van der Waals surface area contributed by atoms with Crippen LogP contribution in [-0.4, -0.2) is 51.7 Å². The second kappa shape index (κ2) is 11.5. The number of unbranched alkanes of at least 4 members (excludes halogenated alkanes) is 1. The van der Waals surface area contributed by atoms with Crippen molar-refractivity contribution in [1.82, 2.24) is 4.90 Å². The summed E-state index contributed by atoms with van der Waals surface area (Å²) < 4.78 is 0. The number of aryl methyl sites for hydroxylation is 1. The second-order valence-corrected chi connectivity index (χ2v) is 8.10. The average Bonchev–Trinajstić information content (AvgIpc) is 2.96. The number of allylic oxidation sites excluding steroid dienone is 1. The van der Waals surface area contributed by atoms with Gasteiger partial charge < -0.3 is 10.2 Å². The van der Waals surface area contributed by atoms with Crippen molar-refractivity contribution in [3.05, 3.63) is 47.5 Å². The van der Waals surface area contributed by atoms with E-state index in [1.807, 2.05) is 6.07 Å². The van der Waals surface area contributed by atoms with Crippen molar-refractivity contribution in [3.63, 3.8) is 0 Å². The number of benzene rings is 1. The molecule has 0 amide bonds. The first-order valence-corrected chi connectivity index (χ1v) is 10.4. The number of alkyl halides is 1. The summed E-state index contributed by atoms with van der Waals surface area (Å²) in [6.07, 6.45) is 8.84. The maximum Gasteiger partial charge on any atom is 0.303 e. The molecule has 1 heterocycles. The van der Waals surface area contributed by atoms with Gasteiger partial charge in [-0.3, -0.25) is 9.69 Å². The summed E-state index contributed by atoms with van der Waals surface area (Å²) >= 11 is 6.50. The molecular formula is C22H32ClNO3. The highest BCUT2D eigenvalue weighted by Gasteiger charge is 2.31. The molecule has 5 heteroatoms. The molecule has 1 fully saturated rings. The van der Waals surface area contributed by atoms with Crippen molar-refractivity contribution in [3.8, 4) is 0 Å². The Morgan fingerprint density at radius 1 is 1.41 bits per heavy atom. The number of rotatable bonds is 11. The number of carbonyl (C=O) groups is 1. The van der Waals surface area contributed by atoms with E-state index in [4.69, 9.17) is 16.7 Å². The van der Waals surface area contributed by atoms with Crippen LogP contribution in [0.4, 0.5) is 0 Å². The van der Waals surface area contributed by atoms with Gasteiger partial charge in [-0.15, -0.1) is 11.6 Å². The van der Waals surface area contributed by atoms with Crippen LogP contribution in [0.5, 0.6) is 0 Å². The molecule has 27 heavy (non-hydrogen) atoms. The van der Waals surface area contributed by atoms with Crippen LogP contribution in [0.3, 0.4) is 0 Å². The summed E-state index contributed by atoms with van der Waals surface area (Å²) in [5.41, 5.74) is 2.40. The largest absolute Gasteiger partial charge is 0.481 e. The van der Waals surface area contributed by atoms with Gasteiger partial charge in [0.2, 0.25) is 0 Å². The van der Waals surface area contributed by atoms with Crippen LogP contribution in [0.15, 0.2) is 36.4 Å². The summed E-state index contributed by atoms with van der Waals surface area (Å²) in [5.74, 6) is -0.740. The first kappa shape index (κ1) is 21.9. The van der Waals surface area contributed by atoms with Crippen molar-refractivity contribution in [2.24, 2.45) is 0 Å². The van der Waals surface area contributed by atoms with E-state index >= 15 is 0 Å². The van der Waals surface area contributed by atoms with Crippen LogP contribution in [-0.2, 0) is 11.2 Å². The van der Waals surface area contributed by atoms with E-state index in [1.54, 1.807) is 0 Å². The molecule has 2 rings (SSSR count).